The molecule has 0 aliphatic carbocycles. The van der Waals surface area contributed by atoms with Gasteiger partial charge in [0.15, 0.2) is 52.4 Å². The van der Waals surface area contributed by atoms with E-state index in [0.717, 1.165) is 247 Å². The van der Waals surface area contributed by atoms with Crippen molar-refractivity contribution in [2.24, 2.45) is 0 Å². The zero-order valence-corrected chi connectivity index (χ0v) is 80.9. The monoisotopic (exact) mass is 1930 g/mol. The standard InChI is InChI=1S/C137H77N9O3S/c1-5-28-80(29-6-1)129-138-130(81-30-7-2-8-31-81)140-133(139-129)84-56-54-79(55-57-84)95-43-23-45-104-113(95)77-114-102-41-20-22-52-120(102)150-128(114)123(104)117-75-92-59-60-94(76-110(92)127-122(117)109-49-25-47-105(126(109)149-127)103-46-26-51-119-121(103)108-42-19-21-50-118(108)147-119)135-142-132(83-34-11-4-12-35-83)144-137(146-135)116-74-88-37-15-17-39-96(88)100-66-61-87(72-112(100)116)86-62-67-101-111(71-86)97-40-18-16-38-89(97)73-115(101)136-143-131(82-32-9-3-10-33-82)141-134(145-136)93-64-65-99-91(70-93)63-68-107-106-48-24-44-98(124(106)148-125(99)107)90-58-53-78-27-13-14-36-85(78)69-90/h1-77H. The number of fused-ring (bicyclic) bond motifs is 24. The molecule has 0 fully saturated rings. The highest BCUT2D eigenvalue weighted by molar-refractivity contribution is 7.26. The molecule has 0 unspecified atom stereocenters. The lowest BCUT2D eigenvalue weighted by Crippen LogP contribution is -2.01. The van der Waals surface area contributed by atoms with E-state index in [1.54, 1.807) is 0 Å². The predicted molar refractivity (Wildman–Crippen MR) is 617 cm³/mol. The van der Waals surface area contributed by atoms with Gasteiger partial charge >= 0.3 is 0 Å². The van der Waals surface area contributed by atoms with Gasteiger partial charge in [0.2, 0.25) is 0 Å². The molecule has 0 radical (unpaired) electrons. The molecule has 0 atom stereocenters. The maximum absolute atomic E-state index is 7.90. The zero-order valence-electron chi connectivity index (χ0n) is 80.1. The summed E-state index contributed by atoms with van der Waals surface area (Å²) in [5.74, 6) is 5.06. The first-order valence-electron chi connectivity index (χ1n) is 50.4. The van der Waals surface area contributed by atoms with Crippen LogP contribution in [0.5, 0.6) is 0 Å². The van der Waals surface area contributed by atoms with Gasteiger partial charge in [-0.1, -0.05) is 382 Å². The lowest BCUT2D eigenvalue weighted by molar-refractivity contribution is 0.669. The van der Waals surface area contributed by atoms with Crippen molar-refractivity contribution in [3.63, 3.8) is 0 Å². The fraction of sp³-hybridized carbons (Fsp3) is 0. The Balaban J connectivity index is 0.560. The number of rotatable bonds is 14. The Morgan fingerprint density at radius 2 is 0.540 bits per heavy atom. The molecule has 150 heavy (non-hydrogen) atoms. The number of hydrogen-bond donors (Lipinski definition) is 0. The summed E-state index contributed by atoms with van der Waals surface area (Å²) < 4.78 is 24.0. The van der Waals surface area contributed by atoms with Crippen molar-refractivity contribution in [2.75, 3.05) is 0 Å². The number of nitrogens with zero attached hydrogens (tertiary/aromatic N) is 9. The van der Waals surface area contributed by atoms with Gasteiger partial charge in [0, 0.05) is 130 Å². The molecule has 0 saturated heterocycles. The Hall–Kier alpha value is -20.0. The van der Waals surface area contributed by atoms with Gasteiger partial charge in [0.05, 0.1) is 0 Å². The summed E-state index contributed by atoms with van der Waals surface area (Å²) in [5, 5.41) is 25.4. The van der Waals surface area contributed by atoms with Gasteiger partial charge in [-0.15, -0.1) is 11.3 Å². The van der Waals surface area contributed by atoms with E-state index in [0.29, 0.717) is 52.4 Å². The summed E-state index contributed by atoms with van der Waals surface area (Å²) in [4.78, 5) is 48.5. The first-order chi connectivity index (χ1) is 74.3. The second-order valence-corrected chi connectivity index (χ2v) is 39.8. The third-order valence-electron chi connectivity index (χ3n) is 30.2. The van der Waals surface area contributed by atoms with Gasteiger partial charge in [-0.25, -0.2) is 44.9 Å². The quantitative estimate of drug-likeness (QED) is 0.0951. The Labute approximate surface area is 860 Å². The average Bonchev–Trinajstić information content (AvgIpc) is 1.51. The maximum atomic E-state index is 7.90. The third-order valence-corrected chi connectivity index (χ3v) is 31.4. The summed E-state index contributed by atoms with van der Waals surface area (Å²) in [7, 11) is 0. The van der Waals surface area contributed by atoms with Gasteiger partial charge in [0.1, 0.15) is 33.5 Å². The Morgan fingerprint density at radius 1 is 0.147 bits per heavy atom. The first kappa shape index (κ1) is 84.5. The Morgan fingerprint density at radius 3 is 1.21 bits per heavy atom. The summed E-state index contributed by atoms with van der Waals surface area (Å²) in [6.45, 7) is 0. The number of aromatic nitrogens is 9. The van der Waals surface area contributed by atoms with E-state index in [4.69, 9.17) is 58.1 Å². The molecule has 0 spiro atoms. The molecule has 31 rings (SSSR count). The molecule has 0 N–H and O–H groups in total. The second-order valence-electron chi connectivity index (χ2n) is 38.7. The van der Waals surface area contributed by atoms with Gasteiger partial charge in [-0.3, -0.25) is 0 Å². The van der Waals surface area contributed by atoms with Crippen LogP contribution < -0.4 is 0 Å². The number of para-hydroxylation sites is 3. The predicted octanol–water partition coefficient (Wildman–Crippen LogP) is 36.9. The molecule has 0 saturated carbocycles. The SMILES string of the molecule is c1ccc(-c2nc(-c3ccccc3)nc(-c3ccc(-c4cccc5c(-c6cc7ccc(-c8nc(-c9ccccc9)nc(-c9cc%10ccccc%10c%10ccc(-c%11ccc%12c(-c%13nc(-c%14ccccc%14)nc(-c%14ccc%15c(ccc%16c%17cccc(-c%18ccc%19ccccc%19c%18)c%17oc%15%16)c%14)n%13)cc%13ccccc%13c%12c%11)cc9%10)n8)cc7c7oc8c(-c9cccc%10oc%11ccccc%11c9%10)cccc8c67)c6sc7ccccc7c6cc45)cc3)n2)cc1. The minimum atomic E-state index is 0.502. The molecule has 31 aromatic rings. The summed E-state index contributed by atoms with van der Waals surface area (Å²) in [6, 6.07) is 166. The van der Waals surface area contributed by atoms with Crippen molar-refractivity contribution < 1.29 is 13.3 Å². The van der Waals surface area contributed by atoms with Crippen LogP contribution in [0.2, 0.25) is 0 Å². The van der Waals surface area contributed by atoms with Crippen molar-refractivity contribution in [2.45, 2.75) is 0 Å². The third kappa shape index (κ3) is 13.8. The van der Waals surface area contributed by atoms with Crippen LogP contribution in [0.3, 0.4) is 0 Å². The largest absolute Gasteiger partial charge is 0.456 e. The summed E-state index contributed by atoms with van der Waals surface area (Å²) >= 11 is 1.83. The van der Waals surface area contributed by atoms with Crippen LogP contribution in [0.25, 0.3) is 330 Å². The second kappa shape index (κ2) is 33.8. The highest BCUT2D eigenvalue weighted by Gasteiger charge is 2.30. The van der Waals surface area contributed by atoms with Crippen LogP contribution in [-0.4, -0.2) is 44.9 Å². The van der Waals surface area contributed by atoms with E-state index >= 15 is 0 Å². The molecule has 7 aromatic heterocycles. The van der Waals surface area contributed by atoms with Crippen LogP contribution >= 0.6 is 11.3 Å². The number of benzene rings is 24. The van der Waals surface area contributed by atoms with Crippen LogP contribution in [0.1, 0.15) is 0 Å². The minimum absolute atomic E-state index is 0.502. The molecule has 0 aliphatic rings. The number of hydrogen-bond acceptors (Lipinski definition) is 13. The van der Waals surface area contributed by atoms with Crippen LogP contribution in [-0.2, 0) is 0 Å². The highest BCUT2D eigenvalue weighted by Crippen LogP contribution is 2.54. The fourth-order valence-corrected chi connectivity index (χ4v) is 24.3. The van der Waals surface area contributed by atoms with E-state index in [-0.39, 0.29) is 0 Å². The summed E-state index contributed by atoms with van der Waals surface area (Å²) in [5.41, 5.74) is 23.1. The topological polar surface area (TPSA) is 155 Å². The number of furan rings is 3. The van der Waals surface area contributed by atoms with Gasteiger partial charge in [-0.2, -0.15) is 0 Å². The molecule has 0 amide bonds. The zero-order chi connectivity index (χ0) is 98.3. The van der Waals surface area contributed by atoms with E-state index in [9.17, 15) is 0 Å². The minimum Gasteiger partial charge on any atom is -0.456 e. The van der Waals surface area contributed by atoms with Crippen molar-refractivity contribution >= 4 is 184 Å². The molecule has 24 aromatic carbocycles. The maximum Gasteiger partial charge on any atom is 0.164 e. The van der Waals surface area contributed by atoms with E-state index in [2.05, 4.69) is 358 Å². The van der Waals surface area contributed by atoms with Gasteiger partial charge in [-0.05, 0) is 199 Å². The Kier molecular flexibility index (Phi) is 19.1. The molecule has 0 aliphatic heterocycles. The molecule has 12 nitrogen and oxygen atoms in total. The van der Waals surface area contributed by atoms with Crippen molar-refractivity contribution in [1.29, 1.82) is 0 Å². The van der Waals surface area contributed by atoms with Crippen molar-refractivity contribution in [3.05, 3.63) is 467 Å². The van der Waals surface area contributed by atoms with Gasteiger partial charge in [0.25, 0.3) is 0 Å². The summed E-state index contributed by atoms with van der Waals surface area (Å²) in [6.07, 6.45) is 0. The van der Waals surface area contributed by atoms with E-state index in [1.807, 2.05) is 121 Å². The molecule has 0 bridgehead atoms. The normalized spacial score (nSPS) is 12.0. The van der Waals surface area contributed by atoms with Crippen molar-refractivity contribution in [3.8, 4) is 158 Å². The number of thiophene rings is 1. The molecule has 694 valence electrons. The van der Waals surface area contributed by atoms with Gasteiger partial charge < -0.3 is 13.3 Å². The molecule has 13 heteroatoms. The smallest absolute Gasteiger partial charge is 0.164 e. The average molecular weight is 1930 g/mol. The highest BCUT2D eigenvalue weighted by atomic mass is 32.1. The molecule has 7 heterocycles. The Bertz CT molecular complexity index is 11100. The molecular formula is C137H77N9O3S. The fourth-order valence-electron chi connectivity index (χ4n) is 23.0. The van der Waals surface area contributed by atoms with Crippen LogP contribution in [0, 0.1) is 0 Å². The van der Waals surface area contributed by atoms with Crippen LogP contribution in [0.15, 0.2) is 480 Å². The molecular weight excluding hydrogens is 1850 g/mol. The van der Waals surface area contributed by atoms with Crippen LogP contribution in [0.4, 0.5) is 0 Å². The van der Waals surface area contributed by atoms with Crippen molar-refractivity contribution in [1.82, 2.24) is 44.9 Å². The lowest BCUT2D eigenvalue weighted by Gasteiger charge is -2.16. The van der Waals surface area contributed by atoms with E-state index in [1.165, 1.54) is 30.9 Å². The van der Waals surface area contributed by atoms with E-state index < -0.39 is 0 Å². The first-order valence-corrected chi connectivity index (χ1v) is 51.2. The lowest BCUT2D eigenvalue weighted by atomic mass is 9.87.